The number of likely N-dealkylation sites (tertiary alicyclic amines) is 2. The Morgan fingerprint density at radius 3 is 2.73 bits per heavy atom. The molecule has 0 unspecified atom stereocenters. The predicted molar refractivity (Wildman–Crippen MR) is 80.0 cm³/mol. The molecule has 3 saturated heterocycles. The summed E-state index contributed by atoms with van der Waals surface area (Å²) >= 11 is 0. The van der Waals surface area contributed by atoms with Crippen LogP contribution in [0.4, 0.5) is 0 Å². The maximum absolute atomic E-state index is 12.4. The average molecular weight is 308 g/mol. The first-order valence-electron chi connectivity index (χ1n) is 8.21. The summed E-state index contributed by atoms with van der Waals surface area (Å²) in [6.45, 7) is 4.16. The summed E-state index contributed by atoms with van der Waals surface area (Å²) in [6.07, 6.45) is 3.29. The zero-order valence-corrected chi connectivity index (χ0v) is 12.9. The van der Waals surface area contributed by atoms with Crippen molar-refractivity contribution in [3.05, 3.63) is 0 Å². The van der Waals surface area contributed by atoms with E-state index in [1.807, 2.05) is 9.80 Å². The monoisotopic (exact) mass is 308 g/mol. The van der Waals surface area contributed by atoms with Gasteiger partial charge < -0.3 is 20.0 Å². The summed E-state index contributed by atoms with van der Waals surface area (Å²) in [4.78, 5) is 41.5. The van der Waals surface area contributed by atoms with Crippen molar-refractivity contribution < 1.29 is 14.4 Å². The van der Waals surface area contributed by atoms with Crippen molar-refractivity contribution in [1.29, 1.82) is 0 Å². The SMILES string of the molecule is O=C1CCCN1CC(=O)N1CCC[C@H](N2CCNCC2=O)C1. The van der Waals surface area contributed by atoms with E-state index in [1.165, 1.54) is 0 Å². The highest BCUT2D eigenvalue weighted by Crippen LogP contribution is 2.18. The standard InChI is InChI=1S/C15H24N4O3/c20-13-4-2-7-18(13)11-15(22)17-6-1-3-12(10-17)19-8-5-16-9-14(19)21/h12,16H,1-11H2/t12-/m0/s1. The van der Waals surface area contributed by atoms with Crippen LogP contribution >= 0.6 is 0 Å². The number of piperazine rings is 1. The molecule has 0 aromatic carbocycles. The van der Waals surface area contributed by atoms with Gasteiger partial charge in [-0.05, 0) is 19.3 Å². The molecule has 7 nitrogen and oxygen atoms in total. The number of hydrogen-bond donors (Lipinski definition) is 1. The summed E-state index contributed by atoms with van der Waals surface area (Å²) < 4.78 is 0. The molecule has 0 aromatic rings. The summed E-state index contributed by atoms with van der Waals surface area (Å²) in [5, 5.41) is 3.07. The molecule has 3 aliphatic rings. The van der Waals surface area contributed by atoms with Gasteiger partial charge in [0.25, 0.3) is 0 Å². The molecule has 122 valence electrons. The zero-order valence-electron chi connectivity index (χ0n) is 12.9. The van der Waals surface area contributed by atoms with Crippen molar-refractivity contribution in [1.82, 2.24) is 20.0 Å². The fraction of sp³-hybridized carbons (Fsp3) is 0.800. The molecule has 22 heavy (non-hydrogen) atoms. The Morgan fingerprint density at radius 1 is 1.14 bits per heavy atom. The second kappa shape index (κ2) is 6.64. The maximum Gasteiger partial charge on any atom is 0.242 e. The summed E-state index contributed by atoms with van der Waals surface area (Å²) in [7, 11) is 0. The van der Waals surface area contributed by atoms with Crippen LogP contribution in [-0.2, 0) is 14.4 Å². The molecule has 3 aliphatic heterocycles. The van der Waals surface area contributed by atoms with Crippen LogP contribution in [0.1, 0.15) is 25.7 Å². The second-order valence-corrected chi connectivity index (χ2v) is 6.32. The Hall–Kier alpha value is -1.63. The van der Waals surface area contributed by atoms with Gasteiger partial charge in [0.15, 0.2) is 0 Å². The lowest BCUT2D eigenvalue weighted by atomic mass is 10.0. The number of rotatable bonds is 3. The van der Waals surface area contributed by atoms with E-state index in [0.29, 0.717) is 26.1 Å². The molecule has 3 amide bonds. The van der Waals surface area contributed by atoms with Crippen molar-refractivity contribution in [2.45, 2.75) is 31.7 Å². The van der Waals surface area contributed by atoms with E-state index in [1.54, 1.807) is 4.90 Å². The molecule has 7 heteroatoms. The Morgan fingerprint density at radius 2 is 2.00 bits per heavy atom. The second-order valence-electron chi connectivity index (χ2n) is 6.32. The van der Waals surface area contributed by atoms with Crippen LogP contribution in [-0.4, -0.2) is 84.3 Å². The lowest BCUT2D eigenvalue weighted by Crippen LogP contribution is -2.58. The number of amides is 3. The van der Waals surface area contributed by atoms with E-state index < -0.39 is 0 Å². The quantitative estimate of drug-likeness (QED) is 0.728. The molecule has 0 aromatic heterocycles. The number of carbonyl (C=O) groups is 3. The number of nitrogens with one attached hydrogen (secondary N) is 1. The van der Waals surface area contributed by atoms with Crippen molar-refractivity contribution in [2.75, 3.05) is 45.8 Å². The van der Waals surface area contributed by atoms with E-state index in [-0.39, 0.29) is 30.3 Å². The Labute approximate surface area is 130 Å². The van der Waals surface area contributed by atoms with Gasteiger partial charge in [0.05, 0.1) is 13.1 Å². The fourth-order valence-electron chi connectivity index (χ4n) is 3.58. The van der Waals surface area contributed by atoms with Crippen molar-refractivity contribution in [2.24, 2.45) is 0 Å². The van der Waals surface area contributed by atoms with Gasteiger partial charge >= 0.3 is 0 Å². The third-order valence-corrected chi connectivity index (χ3v) is 4.81. The van der Waals surface area contributed by atoms with Crippen LogP contribution in [0.2, 0.25) is 0 Å². The molecular weight excluding hydrogens is 284 g/mol. The van der Waals surface area contributed by atoms with Gasteiger partial charge in [0, 0.05) is 45.2 Å². The number of carbonyl (C=O) groups excluding carboxylic acids is 3. The smallest absolute Gasteiger partial charge is 0.242 e. The summed E-state index contributed by atoms with van der Waals surface area (Å²) in [5.41, 5.74) is 0. The minimum absolute atomic E-state index is 0.0162. The van der Waals surface area contributed by atoms with Crippen LogP contribution < -0.4 is 5.32 Å². The van der Waals surface area contributed by atoms with Gasteiger partial charge in [-0.25, -0.2) is 0 Å². The first-order valence-corrected chi connectivity index (χ1v) is 8.21. The normalized spacial score (nSPS) is 26.7. The zero-order chi connectivity index (χ0) is 15.5. The third-order valence-electron chi connectivity index (χ3n) is 4.81. The molecule has 0 saturated carbocycles. The maximum atomic E-state index is 12.4. The highest BCUT2D eigenvalue weighted by Gasteiger charge is 2.32. The molecule has 3 fully saturated rings. The minimum Gasteiger partial charge on any atom is -0.339 e. The van der Waals surface area contributed by atoms with Gasteiger partial charge in [0.2, 0.25) is 17.7 Å². The van der Waals surface area contributed by atoms with Crippen molar-refractivity contribution in [3.63, 3.8) is 0 Å². The van der Waals surface area contributed by atoms with Gasteiger partial charge in [0.1, 0.15) is 0 Å². The average Bonchev–Trinajstić information content (AvgIpc) is 2.93. The Balaban J connectivity index is 1.56. The minimum atomic E-state index is 0.0162. The van der Waals surface area contributed by atoms with E-state index in [2.05, 4.69) is 5.32 Å². The summed E-state index contributed by atoms with van der Waals surface area (Å²) in [5.74, 6) is 0.224. The van der Waals surface area contributed by atoms with Crippen LogP contribution in [0.25, 0.3) is 0 Å². The molecule has 3 rings (SSSR count). The number of nitrogens with zero attached hydrogens (tertiary/aromatic N) is 3. The lowest BCUT2D eigenvalue weighted by Gasteiger charge is -2.41. The number of piperidine rings is 1. The number of hydrogen-bond acceptors (Lipinski definition) is 4. The van der Waals surface area contributed by atoms with Crippen LogP contribution in [0, 0.1) is 0 Å². The molecule has 1 N–H and O–H groups in total. The Bertz CT molecular complexity index is 468. The van der Waals surface area contributed by atoms with E-state index in [4.69, 9.17) is 0 Å². The van der Waals surface area contributed by atoms with E-state index in [9.17, 15) is 14.4 Å². The highest BCUT2D eigenvalue weighted by molar-refractivity contribution is 5.86. The van der Waals surface area contributed by atoms with Crippen LogP contribution in [0.15, 0.2) is 0 Å². The largest absolute Gasteiger partial charge is 0.339 e. The van der Waals surface area contributed by atoms with Gasteiger partial charge in [-0.1, -0.05) is 0 Å². The van der Waals surface area contributed by atoms with Crippen LogP contribution in [0.5, 0.6) is 0 Å². The molecule has 0 spiro atoms. The van der Waals surface area contributed by atoms with Gasteiger partial charge in [-0.15, -0.1) is 0 Å². The molecule has 1 atom stereocenters. The van der Waals surface area contributed by atoms with E-state index >= 15 is 0 Å². The predicted octanol–water partition coefficient (Wildman–Crippen LogP) is -0.968. The third kappa shape index (κ3) is 3.24. The highest BCUT2D eigenvalue weighted by atomic mass is 16.2. The van der Waals surface area contributed by atoms with Crippen molar-refractivity contribution in [3.8, 4) is 0 Å². The molecule has 0 radical (unpaired) electrons. The Kier molecular flexibility index (Phi) is 4.61. The molecule has 3 heterocycles. The van der Waals surface area contributed by atoms with Gasteiger partial charge in [-0.3, -0.25) is 14.4 Å². The van der Waals surface area contributed by atoms with E-state index in [0.717, 1.165) is 38.9 Å². The fourth-order valence-corrected chi connectivity index (χ4v) is 3.58. The van der Waals surface area contributed by atoms with Gasteiger partial charge in [-0.2, -0.15) is 0 Å². The van der Waals surface area contributed by atoms with Crippen LogP contribution in [0.3, 0.4) is 0 Å². The summed E-state index contributed by atoms with van der Waals surface area (Å²) in [6, 6.07) is 0.126. The first-order chi connectivity index (χ1) is 10.6. The first kappa shape index (κ1) is 15.3. The molecule has 0 bridgehead atoms. The molecular formula is C15H24N4O3. The molecule has 0 aliphatic carbocycles. The van der Waals surface area contributed by atoms with Crippen molar-refractivity contribution >= 4 is 17.7 Å². The lowest BCUT2D eigenvalue weighted by molar-refractivity contribution is -0.142. The topological polar surface area (TPSA) is 73.0 Å².